The molecular formula is C15H23N3O4. The van der Waals surface area contributed by atoms with Crippen molar-refractivity contribution in [3.05, 3.63) is 27.9 Å². The molecule has 0 radical (unpaired) electrons. The number of aromatic amines is 1. The third-order valence-electron chi connectivity index (χ3n) is 3.55. The lowest BCUT2D eigenvalue weighted by atomic mass is 10.1. The standard InChI is InChI=1S/C15H23N3O4/c1-4-22-13-8-18(7-12(13)19)14(20)11-6-10(5-9(2)3)16-15(21)17-11/h6,9,12-13,19H,4-5,7-8H2,1-3H3,(H,16,17,21)/t12-,13-/m0/s1. The molecule has 1 saturated heterocycles. The summed E-state index contributed by atoms with van der Waals surface area (Å²) in [6, 6.07) is 1.62. The second-order valence-corrected chi connectivity index (χ2v) is 5.97. The predicted molar refractivity (Wildman–Crippen MR) is 80.7 cm³/mol. The minimum absolute atomic E-state index is 0.115. The van der Waals surface area contributed by atoms with E-state index in [4.69, 9.17) is 4.74 Å². The van der Waals surface area contributed by atoms with Crippen molar-refractivity contribution in [1.29, 1.82) is 0 Å². The second-order valence-electron chi connectivity index (χ2n) is 5.97. The van der Waals surface area contributed by atoms with E-state index in [1.54, 1.807) is 6.07 Å². The number of nitrogens with one attached hydrogen (secondary N) is 1. The Kier molecular flexibility index (Phi) is 5.31. The summed E-state index contributed by atoms with van der Waals surface area (Å²) in [6.07, 6.45) is -0.422. The van der Waals surface area contributed by atoms with Gasteiger partial charge in [-0.25, -0.2) is 4.79 Å². The van der Waals surface area contributed by atoms with Crippen LogP contribution >= 0.6 is 0 Å². The Balaban J connectivity index is 2.16. The van der Waals surface area contributed by atoms with Gasteiger partial charge in [-0.05, 0) is 25.3 Å². The molecule has 1 aromatic heterocycles. The van der Waals surface area contributed by atoms with E-state index >= 15 is 0 Å². The number of rotatable bonds is 5. The van der Waals surface area contributed by atoms with E-state index in [9.17, 15) is 14.7 Å². The fourth-order valence-corrected chi connectivity index (χ4v) is 2.63. The Morgan fingerprint density at radius 2 is 2.27 bits per heavy atom. The first kappa shape index (κ1) is 16.6. The van der Waals surface area contributed by atoms with E-state index in [2.05, 4.69) is 9.97 Å². The molecule has 7 nitrogen and oxygen atoms in total. The third kappa shape index (κ3) is 3.92. The van der Waals surface area contributed by atoms with Crippen molar-refractivity contribution in [3.8, 4) is 0 Å². The van der Waals surface area contributed by atoms with E-state index in [-0.39, 0.29) is 24.2 Å². The molecule has 7 heteroatoms. The van der Waals surface area contributed by atoms with Gasteiger partial charge in [-0.3, -0.25) is 4.79 Å². The Bertz CT molecular complexity index is 584. The molecule has 0 spiro atoms. The molecule has 2 N–H and O–H groups in total. The van der Waals surface area contributed by atoms with Crippen molar-refractivity contribution in [3.63, 3.8) is 0 Å². The van der Waals surface area contributed by atoms with E-state index in [0.717, 1.165) is 0 Å². The molecule has 1 aliphatic heterocycles. The fraction of sp³-hybridized carbons (Fsp3) is 0.667. The third-order valence-corrected chi connectivity index (χ3v) is 3.55. The van der Waals surface area contributed by atoms with E-state index < -0.39 is 11.8 Å². The van der Waals surface area contributed by atoms with Crippen molar-refractivity contribution >= 4 is 5.91 Å². The van der Waals surface area contributed by atoms with Gasteiger partial charge in [0.25, 0.3) is 5.91 Å². The van der Waals surface area contributed by atoms with Crippen molar-refractivity contribution < 1.29 is 14.6 Å². The van der Waals surface area contributed by atoms with Crippen LogP contribution in [0.2, 0.25) is 0 Å². The molecule has 0 aliphatic carbocycles. The zero-order chi connectivity index (χ0) is 16.3. The van der Waals surface area contributed by atoms with Crippen LogP contribution in [0.5, 0.6) is 0 Å². The number of carbonyl (C=O) groups is 1. The second kappa shape index (κ2) is 7.02. The molecule has 1 fully saturated rings. The van der Waals surface area contributed by atoms with Crippen LogP contribution in [0.4, 0.5) is 0 Å². The highest BCUT2D eigenvalue weighted by atomic mass is 16.5. The van der Waals surface area contributed by atoms with Crippen molar-refractivity contribution in [2.75, 3.05) is 19.7 Å². The molecule has 0 saturated carbocycles. The molecular weight excluding hydrogens is 286 g/mol. The van der Waals surface area contributed by atoms with Gasteiger partial charge >= 0.3 is 5.69 Å². The number of likely N-dealkylation sites (tertiary alicyclic amines) is 1. The maximum atomic E-state index is 12.5. The van der Waals surface area contributed by atoms with Crippen molar-refractivity contribution in [2.45, 2.75) is 39.4 Å². The van der Waals surface area contributed by atoms with Gasteiger partial charge in [-0.15, -0.1) is 0 Å². The maximum Gasteiger partial charge on any atom is 0.345 e. The minimum Gasteiger partial charge on any atom is -0.388 e. The summed E-state index contributed by atoms with van der Waals surface area (Å²) in [5.74, 6) is 0.00862. The van der Waals surface area contributed by atoms with Gasteiger partial charge in [0.05, 0.1) is 6.10 Å². The SMILES string of the molecule is CCO[C@H]1CN(C(=O)c2cc(CC(C)C)[nH]c(=O)n2)C[C@@H]1O. The fourth-order valence-electron chi connectivity index (χ4n) is 2.63. The zero-order valence-electron chi connectivity index (χ0n) is 13.2. The molecule has 1 aromatic rings. The highest BCUT2D eigenvalue weighted by molar-refractivity contribution is 5.92. The number of aromatic nitrogens is 2. The quantitative estimate of drug-likeness (QED) is 0.809. The van der Waals surface area contributed by atoms with Gasteiger partial charge in [0.15, 0.2) is 0 Å². The van der Waals surface area contributed by atoms with Crippen LogP contribution in [0.25, 0.3) is 0 Å². The number of carbonyl (C=O) groups excluding carboxylic acids is 1. The van der Waals surface area contributed by atoms with Gasteiger partial charge in [-0.1, -0.05) is 13.8 Å². The molecule has 22 heavy (non-hydrogen) atoms. The number of hydrogen-bond acceptors (Lipinski definition) is 5. The van der Waals surface area contributed by atoms with Crippen LogP contribution < -0.4 is 5.69 Å². The molecule has 2 rings (SSSR count). The van der Waals surface area contributed by atoms with Gasteiger partial charge < -0.3 is 19.7 Å². The highest BCUT2D eigenvalue weighted by Crippen LogP contribution is 2.16. The van der Waals surface area contributed by atoms with E-state index in [1.807, 2.05) is 20.8 Å². The van der Waals surface area contributed by atoms with E-state index in [0.29, 0.717) is 31.2 Å². The number of aliphatic hydroxyl groups is 1. The molecule has 2 heterocycles. The summed E-state index contributed by atoms with van der Waals surface area (Å²) in [5.41, 5.74) is 0.283. The summed E-state index contributed by atoms with van der Waals surface area (Å²) >= 11 is 0. The number of ether oxygens (including phenoxy) is 1. The first-order valence-corrected chi connectivity index (χ1v) is 7.59. The average molecular weight is 309 g/mol. The van der Waals surface area contributed by atoms with Crippen LogP contribution in [0, 0.1) is 5.92 Å². The average Bonchev–Trinajstić information content (AvgIpc) is 2.78. The summed E-state index contributed by atoms with van der Waals surface area (Å²) in [4.78, 5) is 32.0. The monoisotopic (exact) mass is 309 g/mol. The van der Waals surface area contributed by atoms with Crippen LogP contribution in [-0.2, 0) is 11.2 Å². The lowest BCUT2D eigenvalue weighted by molar-refractivity contribution is -0.00237. The van der Waals surface area contributed by atoms with Gasteiger partial charge in [0.1, 0.15) is 11.8 Å². The number of nitrogens with zero attached hydrogens (tertiary/aromatic N) is 2. The lowest BCUT2D eigenvalue weighted by Crippen LogP contribution is -2.32. The van der Waals surface area contributed by atoms with Gasteiger partial charge in [0, 0.05) is 25.4 Å². The topological polar surface area (TPSA) is 95.5 Å². The first-order valence-electron chi connectivity index (χ1n) is 7.59. The Hall–Kier alpha value is -1.73. The summed E-state index contributed by atoms with van der Waals surface area (Å²) in [5, 5.41) is 9.91. The van der Waals surface area contributed by atoms with Gasteiger partial charge in [0.2, 0.25) is 0 Å². The normalized spacial score (nSPS) is 21.6. The maximum absolute atomic E-state index is 12.5. The molecule has 1 amide bonds. The molecule has 122 valence electrons. The Morgan fingerprint density at radius 3 is 2.91 bits per heavy atom. The minimum atomic E-state index is -0.707. The lowest BCUT2D eigenvalue weighted by Gasteiger charge is -2.16. The van der Waals surface area contributed by atoms with Crippen LogP contribution in [0.15, 0.2) is 10.9 Å². The molecule has 0 aromatic carbocycles. The first-order chi connectivity index (χ1) is 10.4. The summed E-state index contributed by atoms with van der Waals surface area (Å²) in [6.45, 7) is 6.88. The number of H-pyrrole nitrogens is 1. The van der Waals surface area contributed by atoms with Crippen LogP contribution in [0.3, 0.4) is 0 Å². The molecule has 0 unspecified atom stereocenters. The van der Waals surface area contributed by atoms with Crippen molar-refractivity contribution in [2.24, 2.45) is 5.92 Å². The summed E-state index contributed by atoms with van der Waals surface area (Å²) in [7, 11) is 0. The number of hydrogen-bond donors (Lipinski definition) is 2. The van der Waals surface area contributed by atoms with Gasteiger partial charge in [-0.2, -0.15) is 4.98 Å². The Morgan fingerprint density at radius 1 is 1.55 bits per heavy atom. The predicted octanol–water partition coefficient (Wildman–Crippen LogP) is 0.190. The molecule has 2 atom stereocenters. The molecule has 0 bridgehead atoms. The smallest absolute Gasteiger partial charge is 0.345 e. The number of β-amino-alcohol motifs (C(OH)–C–C–N with tert-alkyl or cyclic N) is 1. The van der Waals surface area contributed by atoms with Crippen molar-refractivity contribution in [1.82, 2.24) is 14.9 Å². The van der Waals surface area contributed by atoms with E-state index in [1.165, 1.54) is 4.90 Å². The largest absolute Gasteiger partial charge is 0.388 e. The zero-order valence-corrected chi connectivity index (χ0v) is 13.2. The van der Waals surface area contributed by atoms with Crippen LogP contribution in [-0.4, -0.2) is 57.8 Å². The Labute approximate surface area is 129 Å². The van der Waals surface area contributed by atoms with Crippen LogP contribution in [0.1, 0.15) is 37.0 Å². The molecule has 1 aliphatic rings. The highest BCUT2D eigenvalue weighted by Gasteiger charge is 2.35. The summed E-state index contributed by atoms with van der Waals surface area (Å²) < 4.78 is 5.40. The number of aliphatic hydroxyl groups excluding tert-OH is 1. The number of amides is 1.